The maximum atomic E-state index is 12.5. The number of methoxy groups -OCH3 is 3. The Bertz CT molecular complexity index is 958. The van der Waals surface area contributed by atoms with Gasteiger partial charge in [0.1, 0.15) is 0 Å². The third kappa shape index (κ3) is 3.87. The second-order valence-corrected chi connectivity index (χ2v) is 6.43. The number of hydrogen-bond donors (Lipinski definition) is 1. The molecule has 29 heavy (non-hydrogen) atoms. The average Bonchev–Trinajstić information content (AvgIpc) is 3.03. The second-order valence-electron chi connectivity index (χ2n) is 6.43. The van der Waals surface area contributed by atoms with Gasteiger partial charge in [-0.05, 0) is 42.8 Å². The monoisotopic (exact) mass is 399 g/mol. The third-order valence-electron chi connectivity index (χ3n) is 4.73. The number of nitrogens with one attached hydrogen (secondary N) is 1. The highest BCUT2D eigenvalue weighted by Crippen LogP contribution is 2.38. The minimum atomic E-state index is -0.705. The van der Waals surface area contributed by atoms with Gasteiger partial charge in [0.25, 0.3) is 0 Å². The molecule has 0 aliphatic carbocycles. The SMILES string of the molecule is COc1cc(C(=O)OCC(=O)c2ccc3c(c2)[C@@H](C)C(=O)N3)cc(OC)c1OC. The highest BCUT2D eigenvalue weighted by molar-refractivity contribution is 6.05. The van der Waals surface area contributed by atoms with Crippen LogP contribution in [0.5, 0.6) is 17.2 Å². The van der Waals surface area contributed by atoms with Gasteiger partial charge in [-0.2, -0.15) is 0 Å². The van der Waals surface area contributed by atoms with Crippen LogP contribution in [-0.4, -0.2) is 45.6 Å². The zero-order chi connectivity index (χ0) is 21.1. The van der Waals surface area contributed by atoms with Crippen LogP contribution in [0, 0.1) is 0 Å². The van der Waals surface area contributed by atoms with Crippen LogP contribution >= 0.6 is 0 Å². The summed E-state index contributed by atoms with van der Waals surface area (Å²) in [5.41, 5.74) is 1.96. The minimum absolute atomic E-state index is 0.113. The fraction of sp³-hybridized carbons (Fsp3) is 0.286. The molecule has 3 rings (SSSR count). The van der Waals surface area contributed by atoms with Crippen molar-refractivity contribution in [3.05, 3.63) is 47.0 Å². The van der Waals surface area contributed by atoms with Crippen molar-refractivity contribution in [1.29, 1.82) is 0 Å². The standard InChI is InChI=1S/C21H21NO7/c1-11-14-7-12(5-6-15(14)22-20(11)24)16(23)10-29-21(25)13-8-17(26-2)19(28-4)18(9-13)27-3/h5-9,11H,10H2,1-4H3,(H,22,24)/t11-/m1/s1. The van der Waals surface area contributed by atoms with Crippen LogP contribution in [-0.2, 0) is 9.53 Å². The lowest BCUT2D eigenvalue weighted by Gasteiger charge is -2.13. The number of carbonyl (C=O) groups excluding carboxylic acids is 3. The number of hydrogen-bond acceptors (Lipinski definition) is 7. The first-order chi connectivity index (χ1) is 13.9. The molecule has 0 radical (unpaired) electrons. The summed E-state index contributed by atoms with van der Waals surface area (Å²) in [6, 6.07) is 7.80. The third-order valence-corrected chi connectivity index (χ3v) is 4.73. The van der Waals surface area contributed by atoms with Gasteiger partial charge in [-0.25, -0.2) is 4.79 Å². The molecule has 1 aliphatic rings. The number of Topliss-reactive ketones (excluding diaryl/α,β-unsaturated/α-hetero) is 1. The van der Waals surface area contributed by atoms with Gasteiger partial charge in [0, 0.05) is 11.3 Å². The van der Waals surface area contributed by atoms with E-state index < -0.39 is 12.6 Å². The number of esters is 1. The lowest BCUT2D eigenvalue weighted by molar-refractivity contribution is -0.116. The number of ether oxygens (including phenoxy) is 4. The van der Waals surface area contributed by atoms with Crippen LogP contribution in [0.2, 0.25) is 0 Å². The highest BCUT2D eigenvalue weighted by atomic mass is 16.5. The molecule has 2 aromatic carbocycles. The number of fused-ring (bicyclic) bond motifs is 1. The lowest BCUT2D eigenvalue weighted by Crippen LogP contribution is -2.15. The molecule has 0 spiro atoms. The van der Waals surface area contributed by atoms with Crippen LogP contribution in [0.1, 0.15) is 39.1 Å². The first-order valence-corrected chi connectivity index (χ1v) is 8.84. The summed E-state index contributed by atoms with van der Waals surface area (Å²) in [7, 11) is 4.33. The first-order valence-electron chi connectivity index (χ1n) is 8.84. The summed E-state index contributed by atoms with van der Waals surface area (Å²) >= 11 is 0. The van der Waals surface area contributed by atoms with Crippen LogP contribution in [0.3, 0.4) is 0 Å². The number of amides is 1. The van der Waals surface area contributed by atoms with Crippen molar-refractivity contribution in [3.8, 4) is 17.2 Å². The molecule has 1 atom stereocenters. The van der Waals surface area contributed by atoms with Gasteiger partial charge in [-0.3, -0.25) is 9.59 Å². The molecule has 152 valence electrons. The van der Waals surface area contributed by atoms with E-state index >= 15 is 0 Å². The Balaban J connectivity index is 1.73. The number of ketones is 1. The van der Waals surface area contributed by atoms with Gasteiger partial charge >= 0.3 is 5.97 Å². The fourth-order valence-electron chi connectivity index (χ4n) is 3.09. The summed E-state index contributed by atoms with van der Waals surface area (Å²) in [5, 5.41) is 2.75. The summed E-state index contributed by atoms with van der Waals surface area (Å²) in [6.45, 7) is 1.32. The van der Waals surface area contributed by atoms with E-state index in [1.807, 2.05) is 0 Å². The van der Waals surface area contributed by atoms with Crippen molar-refractivity contribution in [3.63, 3.8) is 0 Å². The normalized spacial score (nSPS) is 14.6. The van der Waals surface area contributed by atoms with Gasteiger partial charge < -0.3 is 24.3 Å². The molecule has 0 saturated heterocycles. The van der Waals surface area contributed by atoms with Crippen LogP contribution in [0.15, 0.2) is 30.3 Å². The van der Waals surface area contributed by atoms with Crippen LogP contribution in [0.4, 0.5) is 5.69 Å². The van der Waals surface area contributed by atoms with E-state index in [1.54, 1.807) is 25.1 Å². The van der Waals surface area contributed by atoms with E-state index in [4.69, 9.17) is 18.9 Å². The minimum Gasteiger partial charge on any atom is -0.493 e. The molecule has 8 nitrogen and oxygen atoms in total. The Kier molecular flexibility index (Phi) is 5.72. The molecule has 8 heteroatoms. The molecule has 1 aliphatic heterocycles. The van der Waals surface area contributed by atoms with Crippen molar-refractivity contribution in [2.45, 2.75) is 12.8 Å². The summed E-state index contributed by atoms with van der Waals surface area (Å²) in [6.07, 6.45) is 0. The van der Waals surface area contributed by atoms with Crippen LogP contribution < -0.4 is 19.5 Å². The van der Waals surface area contributed by atoms with Crippen molar-refractivity contribution in [2.75, 3.05) is 33.3 Å². The van der Waals surface area contributed by atoms with Crippen LogP contribution in [0.25, 0.3) is 0 Å². The maximum absolute atomic E-state index is 12.5. The highest BCUT2D eigenvalue weighted by Gasteiger charge is 2.27. The van der Waals surface area contributed by atoms with E-state index in [9.17, 15) is 14.4 Å². The Morgan fingerprint density at radius 1 is 0.966 bits per heavy atom. The van der Waals surface area contributed by atoms with Crippen molar-refractivity contribution >= 4 is 23.3 Å². The lowest BCUT2D eigenvalue weighted by atomic mass is 9.99. The predicted molar refractivity (Wildman–Crippen MR) is 104 cm³/mol. The predicted octanol–water partition coefficient (Wildman–Crippen LogP) is 2.81. The number of anilines is 1. The summed E-state index contributed by atoms with van der Waals surface area (Å²) in [5.74, 6) is -0.579. The molecule has 0 fully saturated rings. The van der Waals surface area contributed by atoms with Gasteiger partial charge in [-0.15, -0.1) is 0 Å². The van der Waals surface area contributed by atoms with E-state index in [0.29, 0.717) is 28.5 Å². The van der Waals surface area contributed by atoms with E-state index in [2.05, 4.69) is 5.32 Å². The Morgan fingerprint density at radius 3 is 2.21 bits per heavy atom. The maximum Gasteiger partial charge on any atom is 0.338 e. The van der Waals surface area contributed by atoms with Gasteiger partial charge in [0.2, 0.25) is 11.7 Å². The van der Waals surface area contributed by atoms with Crippen molar-refractivity contribution in [1.82, 2.24) is 0 Å². The molecule has 0 bridgehead atoms. The largest absolute Gasteiger partial charge is 0.493 e. The van der Waals surface area contributed by atoms with Gasteiger partial charge in [-0.1, -0.05) is 0 Å². The van der Waals surface area contributed by atoms with Gasteiger partial charge in [0.15, 0.2) is 23.9 Å². The zero-order valence-corrected chi connectivity index (χ0v) is 16.5. The molecule has 1 heterocycles. The second kappa shape index (κ2) is 8.22. The molecule has 0 unspecified atom stereocenters. The molecule has 2 aromatic rings. The van der Waals surface area contributed by atoms with Gasteiger partial charge in [0.05, 0.1) is 32.8 Å². The number of benzene rings is 2. The van der Waals surface area contributed by atoms with E-state index in [-0.39, 0.29) is 23.2 Å². The molecule has 1 amide bonds. The Morgan fingerprint density at radius 2 is 1.62 bits per heavy atom. The first kappa shape index (κ1) is 20.2. The summed E-state index contributed by atoms with van der Waals surface area (Å²) in [4.78, 5) is 36.6. The topological polar surface area (TPSA) is 100 Å². The molecular weight excluding hydrogens is 378 g/mol. The Labute approximate surface area is 167 Å². The van der Waals surface area contributed by atoms with E-state index in [1.165, 1.54) is 33.5 Å². The average molecular weight is 399 g/mol. The number of carbonyl (C=O) groups is 3. The summed E-state index contributed by atoms with van der Waals surface area (Å²) < 4.78 is 20.8. The van der Waals surface area contributed by atoms with E-state index in [0.717, 1.165) is 5.56 Å². The molecule has 0 aromatic heterocycles. The smallest absolute Gasteiger partial charge is 0.338 e. The quantitative estimate of drug-likeness (QED) is 0.564. The Hall–Kier alpha value is -3.55. The van der Waals surface area contributed by atoms with Crippen molar-refractivity contribution < 1.29 is 33.3 Å². The number of rotatable bonds is 7. The fourth-order valence-corrected chi connectivity index (χ4v) is 3.09. The zero-order valence-electron chi connectivity index (χ0n) is 16.5. The molecular formula is C21H21NO7. The molecule has 1 N–H and O–H groups in total. The molecule has 0 saturated carbocycles. The van der Waals surface area contributed by atoms with Crippen molar-refractivity contribution in [2.24, 2.45) is 0 Å².